The van der Waals surface area contributed by atoms with Gasteiger partial charge in [0, 0.05) is 5.92 Å². The number of epoxide rings is 2. The van der Waals surface area contributed by atoms with Gasteiger partial charge in [-0.1, -0.05) is 34.6 Å². The fraction of sp³-hybridized carbons (Fsp3) is 0.923. The Morgan fingerprint density at radius 3 is 2.53 bits per heavy atom. The molecule has 1 spiro atoms. The topological polar surface area (TPSA) is 84.0 Å². The van der Waals surface area contributed by atoms with E-state index in [1.54, 1.807) is 0 Å². The first-order valence-electron chi connectivity index (χ1n) is 12.8. The first-order chi connectivity index (χ1) is 15.2. The maximum absolute atomic E-state index is 11.5. The van der Waals surface area contributed by atoms with Crippen LogP contribution in [0.3, 0.4) is 0 Å². The quantitative estimate of drug-likeness (QED) is 0.625. The van der Waals surface area contributed by atoms with Gasteiger partial charge in [0.05, 0.1) is 37.1 Å². The Labute approximate surface area is 192 Å². The molecule has 5 fully saturated rings. The summed E-state index contributed by atoms with van der Waals surface area (Å²) < 4.78 is 24.7. The molecule has 6 aliphatic rings. The van der Waals surface area contributed by atoms with Crippen LogP contribution in [0.4, 0.5) is 0 Å². The third kappa shape index (κ3) is 2.34. The summed E-state index contributed by atoms with van der Waals surface area (Å²) in [6.07, 6.45) is 4.27. The van der Waals surface area contributed by atoms with Crippen LogP contribution in [0.15, 0.2) is 11.8 Å². The molecule has 0 radical (unpaired) electrons. The number of hydrogen-bond donors (Lipinski definition) is 2. The van der Waals surface area contributed by atoms with Crippen LogP contribution in [0.1, 0.15) is 67.7 Å². The molecule has 3 aliphatic heterocycles. The number of hydrogen-bond acceptors (Lipinski definition) is 6. The van der Waals surface area contributed by atoms with Crippen LogP contribution in [0.25, 0.3) is 0 Å². The van der Waals surface area contributed by atoms with Gasteiger partial charge in [-0.05, 0) is 55.9 Å². The van der Waals surface area contributed by atoms with Crippen molar-refractivity contribution in [2.24, 2.45) is 28.6 Å². The average Bonchev–Trinajstić information content (AvgIpc) is 3.63. The zero-order valence-corrected chi connectivity index (χ0v) is 20.8. The van der Waals surface area contributed by atoms with E-state index in [1.807, 2.05) is 20.1 Å². The minimum absolute atomic E-state index is 0.00854. The van der Waals surface area contributed by atoms with E-state index < -0.39 is 22.7 Å². The highest BCUT2D eigenvalue weighted by Gasteiger charge is 2.97. The molecule has 10 atom stereocenters. The van der Waals surface area contributed by atoms with Crippen LogP contribution in [-0.2, 0) is 18.9 Å². The Hall–Kier alpha value is -0.660. The molecule has 32 heavy (non-hydrogen) atoms. The Kier molecular flexibility index (Phi) is 5.18. The molecule has 6 heteroatoms. The average molecular weight is 451 g/mol. The van der Waals surface area contributed by atoms with E-state index in [9.17, 15) is 10.2 Å². The Balaban J connectivity index is 0.00000105. The van der Waals surface area contributed by atoms with Crippen LogP contribution in [0.2, 0.25) is 0 Å². The molecule has 0 aromatic heterocycles. The number of aliphatic hydroxyl groups is 2. The van der Waals surface area contributed by atoms with Gasteiger partial charge in [-0.15, -0.1) is 0 Å². The largest absolute Gasteiger partial charge is 0.495 e. The smallest absolute Gasteiger partial charge is 0.134 e. The van der Waals surface area contributed by atoms with E-state index in [-0.39, 0.29) is 48.3 Å². The van der Waals surface area contributed by atoms with Gasteiger partial charge in [0.1, 0.15) is 29.5 Å². The van der Waals surface area contributed by atoms with E-state index in [0.29, 0.717) is 12.5 Å². The zero-order valence-electron chi connectivity index (χ0n) is 20.8. The van der Waals surface area contributed by atoms with Gasteiger partial charge < -0.3 is 29.2 Å². The van der Waals surface area contributed by atoms with E-state index >= 15 is 0 Å². The van der Waals surface area contributed by atoms with Gasteiger partial charge >= 0.3 is 0 Å². The molecule has 3 aliphatic carbocycles. The standard InChI is InChI=1S/C24H36O6.C2H6/c1-12(2)23-19(26)24-18(29-24)8-16-15-9-28-17(10-27-13(3)4)14(15)6-7-21(16,5)22(24,11-25)20(23)30-23;1-2/h9,12-14,16-20,25-26H,6-8,10-11H2,1-5H3;1-2H3. The third-order valence-corrected chi connectivity index (χ3v) is 10.0. The molecule has 3 saturated carbocycles. The third-order valence-electron chi connectivity index (χ3n) is 10.0. The summed E-state index contributed by atoms with van der Waals surface area (Å²) >= 11 is 0. The van der Waals surface area contributed by atoms with Crippen molar-refractivity contribution in [2.75, 3.05) is 13.2 Å². The molecule has 10 unspecified atom stereocenters. The minimum Gasteiger partial charge on any atom is -0.495 e. The second-order valence-corrected chi connectivity index (χ2v) is 11.5. The van der Waals surface area contributed by atoms with Gasteiger partial charge in [0.15, 0.2) is 0 Å². The summed E-state index contributed by atoms with van der Waals surface area (Å²) in [6, 6.07) is 0. The first kappa shape index (κ1) is 23.1. The second-order valence-electron chi connectivity index (χ2n) is 11.5. The number of fused-ring (bicyclic) bond motifs is 6. The Morgan fingerprint density at radius 2 is 1.91 bits per heavy atom. The zero-order chi connectivity index (χ0) is 23.3. The Bertz CT molecular complexity index is 795. The molecular formula is C26H42O6. The highest BCUT2D eigenvalue weighted by Crippen LogP contribution is 2.83. The monoisotopic (exact) mass is 450 g/mol. The maximum Gasteiger partial charge on any atom is 0.134 e. The van der Waals surface area contributed by atoms with Gasteiger partial charge in [-0.3, -0.25) is 0 Å². The van der Waals surface area contributed by atoms with Crippen molar-refractivity contribution in [1.29, 1.82) is 0 Å². The summed E-state index contributed by atoms with van der Waals surface area (Å²) in [5.74, 6) is 0.813. The van der Waals surface area contributed by atoms with E-state index in [1.165, 1.54) is 5.57 Å². The SMILES string of the molecule is CC.CC(C)OCC1OC=C2C1CCC1(C)C2CC2OC23C(O)C2(C(C)C)OC2C13CO. The molecule has 0 aromatic rings. The van der Waals surface area contributed by atoms with Gasteiger partial charge in [0.2, 0.25) is 0 Å². The van der Waals surface area contributed by atoms with Crippen molar-refractivity contribution in [3.05, 3.63) is 11.8 Å². The maximum atomic E-state index is 11.5. The lowest BCUT2D eigenvalue weighted by Crippen LogP contribution is -2.65. The summed E-state index contributed by atoms with van der Waals surface area (Å²) in [5, 5.41) is 22.4. The normalized spacial score (nSPS) is 53.8. The summed E-state index contributed by atoms with van der Waals surface area (Å²) in [7, 11) is 0. The number of ether oxygens (including phenoxy) is 4. The molecule has 6 rings (SSSR count). The highest BCUT2D eigenvalue weighted by molar-refractivity contribution is 5.46. The van der Waals surface area contributed by atoms with E-state index in [4.69, 9.17) is 18.9 Å². The first-order valence-corrected chi connectivity index (χ1v) is 12.8. The molecule has 2 saturated heterocycles. The molecular weight excluding hydrogens is 408 g/mol. The van der Waals surface area contributed by atoms with Crippen molar-refractivity contribution in [2.45, 2.75) is 109 Å². The van der Waals surface area contributed by atoms with Crippen molar-refractivity contribution in [3.63, 3.8) is 0 Å². The van der Waals surface area contributed by atoms with Crippen molar-refractivity contribution < 1.29 is 29.2 Å². The molecule has 0 bridgehead atoms. The van der Waals surface area contributed by atoms with Gasteiger partial charge in [0.25, 0.3) is 0 Å². The van der Waals surface area contributed by atoms with Crippen LogP contribution in [-0.4, -0.2) is 65.1 Å². The lowest BCUT2D eigenvalue weighted by Gasteiger charge is -2.59. The Morgan fingerprint density at radius 1 is 1.19 bits per heavy atom. The molecule has 0 aromatic carbocycles. The highest BCUT2D eigenvalue weighted by atomic mass is 16.7. The number of aliphatic hydroxyl groups excluding tert-OH is 2. The van der Waals surface area contributed by atoms with Gasteiger partial charge in [-0.25, -0.2) is 0 Å². The van der Waals surface area contributed by atoms with Crippen LogP contribution in [0.5, 0.6) is 0 Å². The van der Waals surface area contributed by atoms with Gasteiger partial charge in [-0.2, -0.15) is 0 Å². The fourth-order valence-corrected chi connectivity index (χ4v) is 8.43. The fourth-order valence-electron chi connectivity index (χ4n) is 8.43. The summed E-state index contributed by atoms with van der Waals surface area (Å²) in [5.41, 5.74) is -0.661. The molecule has 6 nitrogen and oxygen atoms in total. The second kappa shape index (κ2) is 7.17. The lowest BCUT2D eigenvalue weighted by molar-refractivity contribution is -0.166. The predicted molar refractivity (Wildman–Crippen MR) is 120 cm³/mol. The van der Waals surface area contributed by atoms with Crippen LogP contribution >= 0.6 is 0 Å². The van der Waals surface area contributed by atoms with Crippen LogP contribution in [0, 0.1) is 28.6 Å². The van der Waals surface area contributed by atoms with Crippen LogP contribution < -0.4 is 0 Å². The summed E-state index contributed by atoms with van der Waals surface area (Å²) in [4.78, 5) is 0. The van der Waals surface area contributed by atoms with E-state index in [2.05, 4.69) is 34.6 Å². The minimum atomic E-state index is -0.677. The van der Waals surface area contributed by atoms with Crippen molar-refractivity contribution in [1.82, 2.24) is 0 Å². The molecule has 0 amide bonds. The molecule has 3 heterocycles. The lowest BCUT2D eigenvalue weighted by atomic mass is 9.43. The van der Waals surface area contributed by atoms with Crippen molar-refractivity contribution in [3.8, 4) is 0 Å². The number of rotatable bonds is 5. The van der Waals surface area contributed by atoms with Crippen molar-refractivity contribution >= 4 is 0 Å². The summed E-state index contributed by atoms with van der Waals surface area (Å²) in [6.45, 7) is 15.3. The molecule has 2 N–H and O–H groups in total. The predicted octanol–water partition coefficient (Wildman–Crippen LogP) is 3.44. The molecule has 182 valence electrons. The van der Waals surface area contributed by atoms with E-state index in [0.717, 1.165) is 19.3 Å².